The molecule has 0 N–H and O–H groups in total. The molecule has 1 aromatic rings. The Hall–Kier alpha value is -1.43. The lowest BCUT2D eigenvalue weighted by Gasteiger charge is -2.25. The number of carbonyl (C=O) groups is 1. The van der Waals surface area contributed by atoms with E-state index in [0.29, 0.717) is 18.3 Å². The molecule has 6 nitrogen and oxygen atoms in total. The monoisotopic (exact) mass is 241 g/mol. The van der Waals surface area contributed by atoms with Gasteiger partial charge in [-0.25, -0.2) is 0 Å². The van der Waals surface area contributed by atoms with Gasteiger partial charge in [0, 0.05) is 13.0 Å². The van der Waals surface area contributed by atoms with Crippen molar-refractivity contribution in [3.63, 3.8) is 0 Å². The van der Waals surface area contributed by atoms with E-state index < -0.39 is 0 Å². The van der Waals surface area contributed by atoms with E-state index in [1.807, 2.05) is 11.8 Å². The summed E-state index contributed by atoms with van der Waals surface area (Å²) in [6.07, 6.45) is 0.935. The predicted octanol–water partition coefficient (Wildman–Crippen LogP) is 1.15. The van der Waals surface area contributed by atoms with Crippen molar-refractivity contribution in [1.82, 2.24) is 15.1 Å². The Kier molecular flexibility index (Phi) is 5.09. The Morgan fingerprint density at radius 3 is 2.71 bits per heavy atom. The van der Waals surface area contributed by atoms with Gasteiger partial charge in [-0.05, 0) is 13.3 Å². The summed E-state index contributed by atoms with van der Waals surface area (Å²) in [4.78, 5) is 13.3. The van der Waals surface area contributed by atoms with Gasteiger partial charge in [0.15, 0.2) is 0 Å². The molecule has 96 valence electrons. The van der Waals surface area contributed by atoms with Crippen LogP contribution in [-0.4, -0.2) is 40.8 Å². The summed E-state index contributed by atoms with van der Waals surface area (Å²) in [6, 6.07) is 0.251. The molecule has 1 aromatic heterocycles. The number of methoxy groups -OCH3 is 1. The zero-order valence-electron chi connectivity index (χ0n) is 10.8. The molecule has 0 radical (unpaired) electrons. The normalized spacial score (nSPS) is 12.8. The molecule has 6 heteroatoms. The van der Waals surface area contributed by atoms with Gasteiger partial charge >= 0.3 is 5.97 Å². The first-order chi connectivity index (χ1) is 8.06. The second-order valence-corrected chi connectivity index (χ2v) is 3.95. The van der Waals surface area contributed by atoms with Crippen LogP contribution < -0.4 is 0 Å². The van der Waals surface area contributed by atoms with Crippen LogP contribution in [0.3, 0.4) is 0 Å². The van der Waals surface area contributed by atoms with Crippen molar-refractivity contribution in [3.8, 4) is 0 Å². The maximum absolute atomic E-state index is 11.3. The fraction of sp³-hybridized carbons (Fsp3) is 0.727. The Labute approximate surface area is 101 Å². The number of carbonyl (C=O) groups excluding carboxylic acids is 1. The SMILES string of the molecule is CC[C@@H](C)N(CC(=O)OC)Cc1nnc(C)o1. The van der Waals surface area contributed by atoms with E-state index in [-0.39, 0.29) is 18.6 Å². The van der Waals surface area contributed by atoms with Crippen LogP contribution in [0.2, 0.25) is 0 Å². The van der Waals surface area contributed by atoms with Crippen LogP contribution in [0, 0.1) is 6.92 Å². The Bertz CT molecular complexity index is 365. The summed E-state index contributed by atoms with van der Waals surface area (Å²) in [7, 11) is 1.38. The van der Waals surface area contributed by atoms with Gasteiger partial charge in [0.1, 0.15) is 0 Å². The number of aryl methyl sites for hydroxylation is 1. The molecule has 17 heavy (non-hydrogen) atoms. The molecular weight excluding hydrogens is 222 g/mol. The first-order valence-corrected chi connectivity index (χ1v) is 5.66. The molecule has 0 aliphatic heterocycles. The van der Waals surface area contributed by atoms with Crippen molar-refractivity contribution in [2.75, 3.05) is 13.7 Å². The molecule has 0 amide bonds. The van der Waals surface area contributed by atoms with Crippen molar-refractivity contribution >= 4 is 5.97 Å². The fourth-order valence-corrected chi connectivity index (χ4v) is 1.43. The van der Waals surface area contributed by atoms with Crippen molar-refractivity contribution in [1.29, 1.82) is 0 Å². The van der Waals surface area contributed by atoms with Gasteiger partial charge in [0.2, 0.25) is 11.8 Å². The zero-order valence-corrected chi connectivity index (χ0v) is 10.8. The van der Waals surface area contributed by atoms with Crippen LogP contribution in [0.15, 0.2) is 4.42 Å². The van der Waals surface area contributed by atoms with Gasteiger partial charge in [-0.15, -0.1) is 10.2 Å². The van der Waals surface area contributed by atoms with Gasteiger partial charge in [0.05, 0.1) is 20.2 Å². The third-order valence-electron chi connectivity index (χ3n) is 2.68. The predicted molar refractivity (Wildman–Crippen MR) is 61.2 cm³/mol. The standard InChI is InChI=1S/C11H19N3O3/c1-5-8(2)14(7-11(15)16-4)6-10-13-12-9(3)17-10/h8H,5-7H2,1-4H3/t8-/m1/s1. The Balaban J connectivity index is 2.66. The van der Waals surface area contributed by atoms with Crippen LogP contribution in [0.4, 0.5) is 0 Å². The second-order valence-electron chi connectivity index (χ2n) is 3.95. The molecule has 0 aromatic carbocycles. The average Bonchev–Trinajstić information content (AvgIpc) is 2.72. The number of esters is 1. The summed E-state index contributed by atoms with van der Waals surface area (Å²) >= 11 is 0. The molecule has 1 rings (SSSR count). The van der Waals surface area contributed by atoms with E-state index in [2.05, 4.69) is 21.9 Å². The highest BCUT2D eigenvalue weighted by atomic mass is 16.5. The third kappa shape index (κ3) is 4.14. The number of ether oxygens (including phenoxy) is 1. The molecule has 0 saturated heterocycles. The van der Waals surface area contributed by atoms with Gasteiger partial charge < -0.3 is 9.15 Å². The molecule has 0 bridgehead atoms. The lowest BCUT2D eigenvalue weighted by atomic mass is 10.2. The summed E-state index contributed by atoms with van der Waals surface area (Å²) < 4.78 is 9.98. The molecule has 1 heterocycles. The Morgan fingerprint density at radius 1 is 1.53 bits per heavy atom. The average molecular weight is 241 g/mol. The van der Waals surface area contributed by atoms with Gasteiger partial charge in [0.25, 0.3) is 0 Å². The third-order valence-corrected chi connectivity index (χ3v) is 2.68. The second kappa shape index (κ2) is 6.34. The number of hydrogen-bond acceptors (Lipinski definition) is 6. The molecular formula is C11H19N3O3. The van der Waals surface area contributed by atoms with Gasteiger partial charge in [-0.1, -0.05) is 6.92 Å². The van der Waals surface area contributed by atoms with Crippen LogP contribution in [0.1, 0.15) is 32.0 Å². The lowest BCUT2D eigenvalue weighted by Crippen LogP contribution is -2.37. The highest BCUT2D eigenvalue weighted by Gasteiger charge is 2.19. The maximum atomic E-state index is 11.3. The minimum Gasteiger partial charge on any atom is -0.468 e. The summed E-state index contributed by atoms with van der Waals surface area (Å²) in [6.45, 7) is 6.54. The van der Waals surface area contributed by atoms with E-state index >= 15 is 0 Å². The van der Waals surface area contributed by atoms with Gasteiger partial charge in [-0.3, -0.25) is 9.69 Å². The largest absolute Gasteiger partial charge is 0.468 e. The van der Waals surface area contributed by atoms with Crippen molar-refractivity contribution < 1.29 is 13.9 Å². The highest BCUT2D eigenvalue weighted by Crippen LogP contribution is 2.09. The van der Waals surface area contributed by atoms with E-state index in [1.54, 1.807) is 6.92 Å². The lowest BCUT2D eigenvalue weighted by molar-refractivity contribution is -0.142. The van der Waals surface area contributed by atoms with Crippen molar-refractivity contribution in [2.45, 2.75) is 39.8 Å². The number of hydrogen-bond donors (Lipinski definition) is 0. The van der Waals surface area contributed by atoms with Crippen LogP contribution >= 0.6 is 0 Å². The zero-order chi connectivity index (χ0) is 12.8. The number of aromatic nitrogens is 2. The number of rotatable bonds is 6. The molecule has 0 fully saturated rings. The summed E-state index contributed by atoms with van der Waals surface area (Å²) in [5.41, 5.74) is 0. The smallest absolute Gasteiger partial charge is 0.319 e. The first kappa shape index (κ1) is 13.6. The molecule has 0 spiro atoms. The van der Waals surface area contributed by atoms with E-state index in [1.165, 1.54) is 7.11 Å². The van der Waals surface area contributed by atoms with Crippen LogP contribution in [0.25, 0.3) is 0 Å². The van der Waals surface area contributed by atoms with Crippen molar-refractivity contribution in [3.05, 3.63) is 11.8 Å². The van der Waals surface area contributed by atoms with Gasteiger partial charge in [-0.2, -0.15) is 0 Å². The topological polar surface area (TPSA) is 68.5 Å². The molecule has 0 saturated carbocycles. The summed E-state index contributed by atoms with van der Waals surface area (Å²) in [5, 5.41) is 7.69. The van der Waals surface area contributed by atoms with E-state index in [9.17, 15) is 4.79 Å². The summed E-state index contributed by atoms with van der Waals surface area (Å²) in [5.74, 6) is 0.787. The molecule has 0 aliphatic carbocycles. The van der Waals surface area contributed by atoms with E-state index in [0.717, 1.165) is 6.42 Å². The van der Waals surface area contributed by atoms with Crippen LogP contribution in [0.5, 0.6) is 0 Å². The Morgan fingerprint density at radius 2 is 2.24 bits per heavy atom. The molecule has 1 atom stereocenters. The maximum Gasteiger partial charge on any atom is 0.319 e. The molecule has 0 aliphatic rings. The fourth-order valence-electron chi connectivity index (χ4n) is 1.43. The number of nitrogens with zero attached hydrogens (tertiary/aromatic N) is 3. The first-order valence-electron chi connectivity index (χ1n) is 5.66. The quantitative estimate of drug-likeness (QED) is 0.696. The molecule has 0 unspecified atom stereocenters. The minimum atomic E-state index is -0.262. The van der Waals surface area contributed by atoms with Crippen LogP contribution in [-0.2, 0) is 16.1 Å². The minimum absolute atomic E-state index is 0.229. The highest BCUT2D eigenvalue weighted by molar-refractivity contribution is 5.71. The van der Waals surface area contributed by atoms with Crippen molar-refractivity contribution in [2.24, 2.45) is 0 Å². The van der Waals surface area contributed by atoms with E-state index in [4.69, 9.17) is 4.42 Å².